The molecule has 2 heterocycles. The highest BCUT2D eigenvalue weighted by Gasteiger charge is 2.52. The molecule has 34 heavy (non-hydrogen) atoms. The molecule has 194 valence electrons. The van der Waals surface area contributed by atoms with E-state index in [-0.39, 0.29) is 18.4 Å². The van der Waals surface area contributed by atoms with E-state index in [4.69, 9.17) is 9.47 Å². The molecule has 3 rings (SSSR count). The summed E-state index contributed by atoms with van der Waals surface area (Å²) in [6, 6.07) is -0.868. The number of carbonyl (C=O) groups is 3. The molecule has 0 bridgehead atoms. The number of nitrogens with zero attached hydrogens (tertiary/aromatic N) is 1. The van der Waals surface area contributed by atoms with Gasteiger partial charge in [0, 0.05) is 12.5 Å². The van der Waals surface area contributed by atoms with Gasteiger partial charge in [0.25, 0.3) is 11.7 Å². The molecule has 9 nitrogen and oxygen atoms in total. The van der Waals surface area contributed by atoms with Crippen molar-refractivity contribution in [3.8, 4) is 0 Å². The zero-order valence-corrected chi connectivity index (χ0v) is 21.5. The first-order valence-corrected chi connectivity index (χ1v) is 13.2. The molecule has 0 aromatic carbocycles. The first-order chi connectivity index (χ1) is 15.9. The lowest BCUT2D eigenvalue weighted by atomic mass is 9.79. The normalized spacial score (nSPS) is 38.3. The third-order valence-corrected chi connectivity index (χ3v) is 8.36. The molecule has 10 atom stereocenters. The largest absolute Gasteiger partial charge is 0.461 e. The van der Waals surface area contributed by atoms with Crippen molar-refractivity contribution in [3.63, 3.8) is 0 Å². The number of aliphatic hydroxyl groups is 3. The highest BCUT2D eigenvalue weighted by molar-refractivity contribution is 7.17. The number of amides is 1. The fourth-order valence-corrected chi connectivity index (χ4v) is 5.76. The molecule has 3 aliphatic rings. The number of carbonyl (C=O) groups excluding carboxylic acids is 3. The van der Waals surface area contributed by atoms with Gasteiger partial charge in [-0.3, -0.25) is 9.59 Å². The van der Waals surface area contributed by atoms with E-state index in [1.165, 1.54) is 4.90 Å². The maximum atomic E-state index is 13.0. The molecule has 1 aliphatic carbocycles. The highest BCUT2D eigenvalue weighted by Crippen LogP contribution is 2.36. The van der Waals surface area contributed by atoms with Gasteiger partial charge in [-0.15, -0.1) is 9.24 Å². The number of rotatable bonds is 7. The maximum Gasteiger partial charge on any atom is 0.329 e. The Balaban J connectivity index is 1.58. The third kappa shape index (κ3) is 5.98. The predicted octanol–water partition coefficient (Wildman–Crippen LogP) is 1.36. The third-order valence-electron chi connectivity index (χ3n) is 7.89. The van der Waals surface area contributed by atoms with Crippen LogP contribution in [0.2, 0.25) is 0 Å². The summed E-state index contributed by atoms with van der Waals surface area (Å²) in [7, 11) is 2.42. The Bertz CT molecular complexity index is 765. The SMILES string of the molecule is CC(CC1CCC(O)C(O)C1)C(C)OC(=O)C1CCCN1C(=O)C(=O)C1(O)OC(P)CCC1C. The van der Waals surface area contributed by atoms with Gasteiger partial charge in [-0.2, -0.15) is 0 Å². The molecule has 10 unspecified atom stereocenters. The molecule has 1 saturated carbocycles. The molecular formula is C24H40NO8P. The van der Waals surface area contributed by atoms with Crippen LogP contribution < -0.4 is 0 Å². The van der Waals surface area contributed by atoms with E-state index in [9.17, 15) is 29.7 Å². The van der Waals surface area contributed by atoms with E-state index in [1.807, 2.05) is 13.8 Å². The lowest BCUT2D eigenvalue weighted by Crippen LogP contribution is -2.58. The van der Waals surface area contributed by atoms with Crippen molar-refractivity contribution in [2.75, 3.05) is 6.54 Å². The van der Waals surface area contributed by atoms with Crippen LogP contribution in [-0.4, -0.2) is 80.4 Å². The number of esters is 1. The van der Waals surface area contributed by atoms with Crippen LogP contribution in [0.3, 0.4) is 0 Å². The summed E-state index contributed by atoms with van der Waals surface area (Å²) in [6.45, 7) is 5.70. The van der Waals surface area contributed by atoms with Gasteiger partial charge in [-0.1, -0.05) is 13.8 Å². The molecule has 3 N–H and O–H groups in total. The van der Waals surface area contributed by atoms with Crippen molar-refractivity contribution in [2.24, 2.45) is 17.8 Å². The fourth-order valence-electron chi connectivity index (χ4n) is 5.36. The van der Waals surface area contributed by atoms with Gasteiger partial charge in [0.1, 0.15) is 12.1 Å². The van der Waals surface area contributed by atoms with Gasteiger partial charge in [-0.05, 0) is 70.1 Å². The van der Waals surface area contributed by atoms with Gasteiger partial charge < -0.3 is 29.7 Å². The molecule has 0 aromatic rings. The first-order valence-electron chi connectivity index (χ1n) is 12.5. The van der Waals surface area contributed by atoms with Crippen molar-refractivity contribution in [2.45, 2.75) is 108 Å². The number of hydrogen-bond donors (Lipinski definition) is 3. The minimum absolute atomic E-state index is 0.0276. The first kappa shape index (κ1) is 27.5. The zero-order valence-electron chi connectivity index (χ0n) is 20.4. The van der Waals surface area contributed by atoms with Gasteiger partial charge >= 0.3 is 5.97 Å². The van der Waals surface area contributed by atoms with Crippen molar-refractivity contribution >= 4 is 26.9 Å². The summed E-state index contributed by atoms with van der Waals surface area (Å²) in [5, 5.41) is 30.5. The summed E-state index contributed by atoms with van der Waals surface area (Å²) in [6.07, 6.45) is 3.02. The van der Waals surface area contributed by atoms with Crippen molar-refractivity contribution in [1.82, 2.24) is 4.90 Å². The zero-order chi connectivity index (χ0) is 25.2. The monoisotopic (exact) mass is 501 g/mol. The van der Waals surface area contributed by atoms with E-state index in [1.54, 1.807) is 6.92 Å². The quantitative estimate of drug-likeness (QED) is 0.271. The molecule has 0 aromatic heterocycles. The Labute approximate surface area is 203 Å². The minimum atomic E-state index is -2.20. The topological polar surface area (TPSA) is 134 Å². The van der Waals surface area contributed by atoms with Crippen LogP contribution in [0.25, 0.3) is 0 Å². The van der Waals surface area contributed by atoms with Crippen LogP contribution in [0.1, 0.15) is 72.1 Å². The smallest absolute Gasteiger partial charge is 0.329 e. The Hall–Kier alpha value is -1.12. The molecule has 10 heteroatoms. The average Bonchev–Trinajstić information content (AvgIpc) is 3.28. The molecule has 1 amide bonds. The van der Waals surface area contributed by atoms with Crippen LogP contribution in [0, 0.1) is 17.8 Å². The number of Topliss-reactive ketones (excluding diaryl/α,β-unsaturated/α-hetero) is 1. The number of ketones is 1. The number of hydrogen-bond acceptors (Lipinski definition) is 8. The lowest BCUT2D eigenvalue weighted by Gasteiger charge is -2.39. The second-order valence-corrected chi connectivity index (χ2v) is 11.2. The Morgan fingerprint density at radius 1 is 1.12 bits per heavy atom. The molecule has 2 saturated heterocycles. The van der Waals surface area contributed by atoms with Gasteiger partial charge in [-0.25, -0.2) is 4.79 Å². The van der Waals surface area contributed by atoms with Gasteiger partial charge in [0.15, 0.2) is 0 Å². The van der Waals surface area contributed by atoms with Crippen molar-refractivity contribution in [1.29, 1.82) is 0 Å². The standard InChI is InChI=1S/C24H40NO8P/c1-13(11-16-7-8-18(26)19(27)12-16)15(3)32-23(30)17-5-4-10-25(17)22(29)21(28)24(31)14(2)6-9-20(34)33-24/h13-20,26-27,31H,4-12,34H2,1-3H3. The molecule has 2 aliphatic heterocycles. The Morgan fingerprint density at radius 2 is 1.82 bits per heavy atom. The van der Waals surface area contributed by atoms with Crippen LogP contribution in [-0.2, 0) is 23.9 Å². The van der Waals surface area contributed by atoms with E-state index in [0.717, 1.165) is 12.8 Å². The second kappa shape index (κ2) is 11.3. The number of aliphatic hydroxyl groups excluding tert-OH is 2. The van der Waals surface area contributed by atoms with E-state index in [0.29, 0.717) is 38.5 Å². The Morgan fingerprint density at radius 3 is 2.50 bits per heavy atom. The summed E-state index contributed by atoms with van der Waals surface area (Å²) >= 11 is 0. The fraction of sp³-hybridized carbons (Fsp3) is 0.875. The van der Waals surface area contributed by atoms with Crippen LogP contribution in [0.5, 0.6) is 0 Å². The summed E-state index contributed by atoms with van der Waals surface area (Å²) < 4.78 is 11.2. The molecule has 0 spiro atoms. The van der Waals surface area contributed by atoms with E-state index >= 15 is 0 Å². The van der Waals surface area contributed by atoms with Gasteiger partial charge in [0.05, 0.1) is 18.1 Å². The lowest BCUT2D eigenvalue weighted by molar-refractivity contribution is -0.247. The minimum Gasteiger partial charge on any atom is -0.461 e. The Kier molecular flexibility index (Phi) is 9.12. The number of likely N-dealkylation sites (tertiary alicyclic amines) is 1. The molecule has 3 fully saturated rings. The maximum absolute atomic E-state index is 13.0. The molecular weight excluding hydrogens is 461 g/mol. The van der Waals surface area contributed by atoms with E-state index in [2.05, 4.69) is 9.24 Å². The highest BCUT2D eigenvalue weighted by atomic mass is 31.0. The summed E-state index contributed by atoms with van der Waals surface area (Å²) in [5.41, 5.74) is 0. The molecule has 0 radical (unpaired) electrons. The van der Waals surface area contributed by atoms with Crippen molar-refractivity contribution < 1.29 is 39.2 Å². The summed E-state index contributed by atoms with van der Waals surface area (Å²) in [4.78, 5) is 40.2. The number of ether oxygens (including phenoxy) is 2. The van der Waals surface area contributed by atoms with Gasteiger partial charge in [0.2, 0.25) is 5.79 Å². The van der Waals surface area contributed by atoms with E-state index < -0.39 is 59.6 Å². The van der Waals surface area contributed by atoms with Crippen LogP contribution in [0.4, 0.5) is 0 Å². The summed E-state index contributed by atoms with van der Waals surface area (Å²) in [5.74, 6) is -5.38. The van der Waals surface area contributed by atoms with Crippen LogP contribution >= 0.6 is 9.24 Å². The van der Waals surface area contributed by atoms with Crippen LogP contribution in [0.15, 0.2) is 0 Å². The second-order valence-electron chi connectivity index (χ2n) is 10.5. The predicted molar refractivity (Wildman–Crippen MR) is 126 cm³/mol. The van der Waals surface area contributed by atoms with Crippen molar-refractivity contribution in [3.05, 3.63) is 0 Å². The average molecular weight is 502 g/mol.